The van der Waals surface area contributed by atoms with Crippen LogP contribution in [0, 0.1) is 0 Å². The van der Waals surface area contributed by atoms with E-state index in [1.54, 1.807) is 31.5 Å². The standard InChI is InChI=1S/C23H25N3O5/c1-29-12-13-31-21-10-9-18(15-24-21)16-25-22(27)19(14-17-6-3-2-4-7-17)26-23(28)20-8-5-11-30-20/h2-11,15,19H,12-14,16H2,1H3,(H,25,27)(H,26,28). The number of methoxy groups -OCH3 is 1. The fourth-order valence-corrected chi connectivity index (χ4v) is 2.84. The van der Waals surface area contributed by atoms with Crippen LogP contribution in [0.4, 0.5) is 0 Å². The largest absolute Gasteiger partial charge is 0.475 e. The predicted octanol–water partition coefficient (Wildman–Crippen LogP) is 2.36. The van der Waals surface area contributed by atoms with Gasteiger partial charge in [0, 0.05) is 32.3 Å². The van der Waals surface area contributed by atoms with Crippen LogP contribution in [0.2, 0.25) is 0 Å². The lowest BCUT2D eigenvalue weighted by Gasteiger charge is -2.18. The number of pyridine rings is 1. The Hall–Kier alpha value is -3.65. The zero-order valence-corrected chi connectivity index (χ0v) is 17.2. The molecule has 1 aromatic carbocycles. The number of benzene rings is 1. The summed E-state index contributed by atoms with van der Waals surface area (Å²) >= 11 is 0. The number of hydrogen-bond donors (Lipinski definition) is 2. The molecule has 3 rings (SSSR count). The van der Waals surface area contributed by atoms with Crippen molar-refractivity contribution in [1.82, 2.24) is 15.6 Å². The summed E-state index contributed by atoms with van der Waals surface area (Å²) in [6.45, 7) is 1.16. The number of nitrogens with zero attached hydrogens (tertiary/aromatic N) is 1. The number of rotatable bonds is 11. The van der Waals surface area contributed by atoms with E-state index in [9.17, 15) is 9.59 Å². The van der Waals surface area contributed by atoms with E-state index in [-0.39, 0.29) is 18.2 Å². The van der Waals surface area contributed by atoms with E-state index in [0.29, 0.717) is 25.5 Å². The number of aromatic nitrogens is 1. The zero-order chi connectivity index (χ0) is 21.9. The molecule has 0 bridgehead atoms. The number of hydrogen-bond acceptors (Lipinski definition) is 6. The first-order chi connectivity index (χ1) is 15.2. The Bertz CT molecular complexity index is 943. The first-order valence-electron chi connectivity index (χ1n) is 9.88. The first-order valence-corrected chi connectivity index (χ1v) is 9.88. The molecule has 8 heteroatoms. The van der Waals surface area contributed by atoms with Crippen molar-refractivity contribution in [2.45, 2.75) is 19.0 Å². The van der Waals surface area contributed by atoms with Gasteiger partial charge in [-0.1, -0.05) is 36.4 Å². The highest BCUT2D eigenvalue weighted by molar-refractivity contribution is 5.95. The molecule has 0 saturated carbocycles. The van der Waals surface area contributed by atoms with Crippen molar-refractivity contribution in [1.29, 1.82) is 0 Å². The lowest BCUT2D eigenvalue weighted by Crippen LogP contribution is -2.47. The van der Waals surface area contributed by atoms with E-state index in [2.05, 4.69) is 15.6 Å². The Morgan fingerprint density at radius 3 is 2.55 bits per heavy atom. The van der Waals surface area contributed by atoms with Gasteiger partial charge in [-0.15, -0.1) is 0 Å². The van der Waals surface area contributed by atoms with Crippen LogP contribution < -0.4 is 15.4 Å². The molecule has 31 heavy (non-hydrogen) atoms. The Labute approximate surface area is 180 Å². The zero-order valence-electron chi connectivity index (χ0n) is 17.2. The van der Waals surface area contributed by atoms with Crippen molar-refractivity contribution in [2.75, 3.05) is 20.3 Å². The number of carbonyl (C=O) groups excluding carboxylic acids is 2. The minimum Gasteiger partial charge on any atom is -0.475 e. The second-order valence-corrected chi connectivity index (χ2v) is 6.76. The summed E-state index contributed by atoms with van der Waals surface area (Å²) in [5.41, 5.74) is 1.74. The maximum atomic E-state index is 12.9. The number of amides is 2. The van der Waals surface area contributed by atoms with Crippen LogP contribution in [0.25, 0.3) is 0 Å². The highest BCUT2D eigenvalue weighted by atomic mass is 16.5. The molecule has 8 nitrogen and oxygen atoms in total. The minimum absolute atomic E-state index is 0.152. The van der Waals surface area contributed by atoms with E-state index in [0.717, 1.165) is 11.1 Å². The van der Waals surface area contributed by atoms with Crippen molar-refractivity contribution in [3.63, 3.8) is 0 Å². The second-order valence-electron chi connectivity index (χ2n) is 6.76. The van der Waals surface area contributed by atoms with Crippen LogP contribution >= 0.6 is 0 Å². The summed E-state index contributed by atoms with van der Waals surface area (Å²) in [7, 11) is 1.60. The average molecular weight is 423 g/mol. The van der Waals surface area contributed by atoms with Gasteiger partial charge in [0.05, 0.1) is 12.9 Å². The molecule has 0 saturated heterocycles. The van der Waals surface area contributed by atoms with Crippen molar-refractivity contribution in [2.24, 2.45) is 0 Å². The maximum Gasteiger partial charge on any atom is 0.287 e. The third-order valence-corrected chi connectivity index (χ3v) is 4.45. The van der Waals surface area contributed by atoms with Gasteiger partial charge in [-0.3, -0.25) is 9.59 Å². The molecule has 1 unspecified atom stereocenters. The van der Waals surface area contributed by atoms with Gasteiger partial charge in [-0.25, -0.2) is 4.98 Å². The Balaban J connectivity index is 1.60. The van der Waals surface area contributed by atoms with Gasteiger partial charge in [0.1, 0.15) is 12.6 Å². The minimum atomic E-state index is -0.760. The Morgan fingerprint density at radius 2 is 1.87 bits per heavy atom. The quantitative estimate of drug-likeness (QED) is 0.459. The molecule has 0 radical (unpaired) electrons. The summed E-state index contributed by atoms with van der Waals surface area (Å²) < 4.78 is 15.5. The Kier molecular flexibility index (Phi) is 8.19. The lowest BCUT2D eigenvalue weighted by atomic mass is 10.0. The van der Waals surface area contributed by atoms with E-state index in [1.165, 1.54) is 6.26 Å². The van der Waals surface area contributed by atoms with Crippen LogP contribution in [-0.2, 0) is 22.5 Å². The van der Waals surface area contributed by atoms with Gasteiger partial charge in [-0.2, -0.15) is 0 Å². The van der Waals surface area contributed by atoms with E-state index >= 15 is 0 Å². The van der Waals surface area contributed by atoms with E-state index < -0.39 is 11.9 Å². The van der Waals surface area contributed by atoms with Crippen LogP contribution in [0.15, 0.2) is 71.5 Å². The number of furan rings is 1. The van der Waals surface area contributed by atoms with Gasteiger partial charge in [-0.05, 0) is 23.3 Å². The molecular weight excluding hydrogens is 398 g/mol. The van der Waals surface area contributed by atoms with Crippen LogP contribution in [-0.4, -0.2) is 43.2 Å². The Morgan fingerprint density at radius 1 is 1.03 bits per heavy atom. The summed E-state index contributed by atoms with van der Waals surface area (Å²) in [6.07, 6.45) is 3.40. The average Bonchev–Trinajstić information content (AvgIpc) is 3.34. The summed E-state index contributed by atoms with van der Waals surface area (Å²) in [6, 6.07) is 15.5. The number of nitrogens with one attached hydrogen (secondary N) is 2. The van der Waals surface area contributed by atoms with Gasteiger partial charge < -0.3 is 24.5 Å². The van der Waals surface area contributed by atoms with Gasteiger partial charge in [0.2, 0.25) is 11.8 Å². The normalized spacial score (nSPS) is 11.5. The molecule has 0 aliphatic carbocycles. The van der Waals surface area contributed by atoms with Crippen LogP contribution in [0.1, 0.15) is 21.7 Å². The van der Waals surface area contributed by atoms with E-state index in [1.807, 2.05) is 36.4 Å². The van der Waals surface area contributed by atoms with Crippen molar-refractivity contribution >= 4 is 11.8 Å². The monoisotopic (exact) mass is 423 g/mol. The predicted molar refractivity (Wildman–Crippen MR) is 114 cm³/mol. The number of carbonyl (C=O) groups is 2. The highest BCUT2D eigenvalue weighted by Crippen LogP contribution is 2.09. The molecule has 0 spiro atoms. The molecule has 2 N–H and O–H groups in total. The smallest absolute Gasteiger partial charge is 0.287 e. The molecule has 2 amide bonds. The highest BCUT2D eigenvalue weighted by Gasteiger charge is 2.23. The van der Waals surface area contributed by atoms with Crippen molar-refractivity contribution in [3.05, 3.63) is 83.9 Å². The summed E-state index contributed by atoms with van der Waals surface area (Å²) in [5.74, 6) is -0.108. The molecule has 162 valence electrons. The topological polar surface area (TPSA) is 103 Å². The van der Waals surface area contributed by atoms with Crippen LogP contribution in [0.5, 0.6) is 5.88 Å². The van der Waals surface area contributed by atoms with Gasteiger partial charge >= 0.3 is 0 Å². The lowest BCUT2D eigenvalue weighted by molar-refractivity contribution is -0.123. The first kappa shape index (κ1) is 22.0. The second kappa shape index (κ2) is 11.5. The maximum absolute atomic E-state index is 12.9. The van der Waals surface area contributed by atoms with Gasteiger partial charge in [0.25, 0.3) is 5.91 Å². The van der Waals surface area contributed by atoms with Crippen LogP contribution in [0.3, 0.4) is 0 Å². The molecule has 3 aromatic rings. The SMILES string of the molecule is COCCOc1ccc(CNC(=O)C(Cc2ccccc2)NC(=O)c2ccco2)cn1. The van der Waals surface area contributed by atoms with Crippen molar-refractivity contribution in [3.8, 4) is 5.88 Å². The summed E-state index contributed by atoms with van der Waals surface area (Å²) in [5, 5.41) is 5.61. The molecule has 2 aromatic heterocycles. The molecule has 0 aliphatic heterocycles. The van der Waals surface area contributed by atoms with Crippen molar-refractivity contribution < 1.29 is 23.5 Å². The molecule has 0 aliphatic rings. The molecule has 0 fully saturated rings. The molecule has 2 heterocycles. The molecular formula is C23H25N3O5. The fraction of sp³-hybridized carbons (Fsp3) is 0.261. The third-order valence-electron chi connectivity index (χ3n) is 4.45. The molecule has 1 atom stereocenters. The summed E-state index contributed by atoms with van der Waals surface area (Å²) in [4.78, 5) is 29.5. The van der Waals surface area contributed by atoms with E-state index in [4.69, 9.17) is 13.9 Å². The number of ether oxygens (including phenoxy) is 2. The third kappa shape index (κ3) is 6.97. The fourth-order valence-electron chi connectivity index (χ4n) is 2.84. The van der Waals surface area contributed by atoms with Gasteiger partial charge in [0.15, 0.2) is 5.76 Å².